The Morgan fingerprint density at radius 1 is 1.67 bits per heavy atom. The molecule has 1 aromatic rings. The average molecular weight is 277 g/mol. The molecule has 0 unspecified atom stereocenters. The van der Waals surface area contributed by atoms with Gasteiger partial charge in [-0.05, 0) is 21.5 Å². The molecule has 1 rings (SSSR count). The maximum Gasteiger partial charge on any atom is 0.270 e. The zero-order chi connectivity index (χ0) is 11.4. The van der Waals surface area contributed by atoms with Crippen molar-refractivity contribution in [1.29, 1.82) is 5.26 Å². The van der Waals surface area contributed by atoms with Crippen LogP contribution in [0.25, 0.3) is 0 Å². The van der Waals surface area contributed by atoms with E-state index in [0.717, 1.165) is 0 Å². The fourth-order valence-corrected chi connectivity index (χ4v) is 1.68. The third-order valence-electron chi connectivity index (χ3n) is 1.77. The van der Waals surface area contributed by atoms with Gasteiger partial charge in [-0.3, -0.25) is 0 Å². The van der Waals surface area contributed by atoms with Crippen LogP contribution in [0, 0.1) is 11.3 Å². The highest BCUT2D eigenvalue weighted by atomic mass is 79.9. The third kappa shape index (κ3) is 2.42. The number of methoxy groups -OCH3 is 1. The summed E-state index contributed by atoms with van der Waals surface area (Å²) in [7, 11) is 1.27. The molecule has 3 nitrogen and oxygen atoms in total. The van der Waals surface area contributed by atoms with E-state index in [1.807, 2.05) is 6.07 Å². The minimum Gasteiger partial charge on any atom is -0.481 e. The van der Waals surface area contributed by atoms with Crippen molar-refractivity contribution in [1.82, 2.24) is 4.98 Å². The van der Waals surface area contributed by atoms with E-state index < -0.39 is 6.43 Å². The van der Waals surface area contributed by atoms with Crippen molar-refractivity contribution in [2.24, 2.45) is 0 Å². The highest BCUT2D eigenvalue weighted by Gasteiger charge is 2.21. The fourth-order valence-electron chi connectivity index (χ4n) is 1.09. The first kappa shape index (κ1) is 11.9. The van der Waals surface area contributed by atoms with Crippen LogP contribution < -0.4 is 4.74 Å². The van der Waals surface area contributed by atoms with Crippen molar-refractivity contribution < 1.29 is 13.5 Å². The van der Waals surface area contributed by atoms with E-state index in [0.29, 0.717) is 5.56 Å². The molecule has 0 aliphatic rings. The molecule has 80 valence electrons. The first-order valence-corrected chi connectivity index (χ1v) is 4.77. The molecule has 0 aromatic carbocycles. The summed E-state index contributed by atoms with van der Waals surface area (Å²) in [6.07, 6.45) is -1.32. The van der Waals surface area contributed by atoms with E-state index in [2.05, 4.69) is 20.9 Å². The third-order valence-corrected chi connectivity index (χ3v) is 2.70. The molecule has 0 N–H and O–H groups in total. The van der Waals surface area contributed by atoms with E-state index in [1.165, 1.54) is 13.3 Å². The van der Waals surface area contributed by atoms with Crippen LogP contribution in [-0.2, 0) is 6.42 Å². The summed E-state index contributed by atoms with van der Waals surface area (Å²) in [6.45, 7) is 0. The van der Waals surface area contributed by atoms with Crippen LogP contribution in [0.3, 0.4) is 0 Å². The molecule has 1 aromatic heterocycles. The predicted molar refractivity (Wildman–Crippen MR) is 52.8 cm³/mol. The van der Waals surface area contributed by atoms with Gasteiger partial charge in [0.25, 0.3) is 6.43 Å². The van der Waals surface area contributed by atoms with Crippen molar-refractivity contribution in [2.75, 3.05) is 7.11 Å². The van der Waals surface area contributed by atoms with Gasteiger partial charge in [0.05, 0.1) is 25.2 Å². The Kier molecular flexibility index (Phi) is 3.97. The maximum absolute atomic E-state index is 12.7. The summed E-state index contributed by atoms with van der Waals surface area (Å²) in [5.74, 6) is -0.126. The van der Waals surface area contributed by atoms with Crippen molar-refractivity contribution in [3.05, 3.63) is 21.8 Å². The molecule has 0 saturated carbocycles. The number of rotatable bonds is 3. The zero-order valence-corrected chi connectivity index (χ0v) is 9.38. The largest absolute Gasteiger partial charge is 0.481 e. The second-order valence-electron chi connectivity index (χ2n) is 2.66. The standard InChI is InChI=1S/C9H7BrF2N2O/c1-15-9-6(8(11)12)7(10)5(2-3-13)4-14-9/h4,8H,2H2,1H3. The number of hydrogen-bond acceptors (Lipinski definition) is 3. The lowest BCUT2D eigenvalue weighted by Crippen LogP contribution is -2.00. The second kappa shape index (κ2) is 5.03. The quantitative estimate of drug-likeness (QED) is 0.853. The van der Waals surface area contributed by atoms with Gasteiger partial charge in [-0.1, -0.05) is 0 Å². The Bertz CT molecular complexity index is 404. The fraction of sp³-hybridized carbons (Fsp3) is 0.333. The summed E-state index contributed by atoms with van der Waals surface area (Å²) >= 11 is 3.02. The first-order valence-electron chi connectivity index (χ1n) is 3.98. The smallest absolute Gasteiger partial charge is 0.270 e. The lowest BCUT2D eigenvalue weighted by atomic mass is 10.1. The Labute approximate surface area is 93.8 Å². The molecule has 15 heavy (non-hydrogen) atoms. The van der Waals surface area contributed by atoms with E-state index in [4.69, 9.17) is 10.00 Å². The molecule has 0 radical (unpaired) electrons. The van der Waals surface area contributed by atoms with Gasteiger partial charge in [-0.25, -0.2) is 13.8 Å². The van der Waals surface area contributed by atoms with Crippen molar-refractivity contribution in [3.8, 4) is 11.9 Å². The predicted octanol–water partition coefficient (Wildman–Crippen LogP) is 2.86. The van der Waals surface area contributed by atoms with Gasteiger partial charge in [0.1, 0.15) is 0 Å². The summed E-state index contributed by atoms with van der Waals surface area (Å²) in [5.41, 5.74) is 0.110. The zero-order valence-electron chi connectivity index (χ0n) is 7.80. The number of pyridine rings is 1. The lowest BCUT2D eigenvalue weighted by molar-refractivity contribution is 0.145. The van der Waals surface area contributed by atoms with Crippen LogP contribution in [0.1, 0.15) is 17.6 Å². The monoisotopic (exact) mass is 276 g/mol. The number of halogens is 3. The van der Waals surface area contributed by atoms with E-state index in [1.54, 1.807) is 0 Å². The Morgan fingerprint density at radius 2 is 2.33 bits per heavy atom. The van der Waals surface area contributed by atoms with E-state index in [9.17, 15) is 8.78 Å². The number of nitrogens with zero attached hydrogens (tertiary/aromatic N) is 2. The van der Waals surface area contributed by atoms with Gasteiger partial charge in [0.15, 0.2) is 0 Å². The van der Waals surface area contributed by atoms with Crippen molar-refractivity contribution in [2.45, 2.75) is 12.8 Å². The maximum atomic E-state index is 12.7. The van der Waals surface area contributed by atoms with Gasteiger partial charge >= 0.3 is 0 Å². The van der Waals surface area contributed by atoms with Gasteiger partial charge < -0.3 is 4.74 Å². The highest BCUT2D eigenvalue weighted by molar-refractivity contribution is 9.10. The molecule has 0 aliphatic heterocycles. The van der Waals surface area contributed by atoms with Crippen molar-refractivity contribution >= 4 is 15.9 Å². The van der Waals surface area contributed by atoms with Gasteiger partial charge in [0, 0.05) is 10.7 Å². The second-order valence-corrected chi connectivity index (χ2v) is 3.45. The number of ether oxygens (including phenoxy) is 1. The number of alkyl halides is 2. The number of hydrogen-bond donors (Lipinski definition) is 0. The lowest BCUT2D eigenvalue weighted by Gasteiger charge is -2.10. The summed E-state index contributed by atoms with van der Waals surface area (Å²) in [6, 6.07) is 1.87. The molecule has 0 fully saturated rings. The Hall–Kier alpha value is -1.22. The van der Waals surface area contributed by atoms with Gasteiger partial charge in [-0.2, -0.15) is 5.26 Å². The summed E-state index contributed by atoms with van der Waals surface area (Å²) in [5, 5.41) is 8.48. The minimum absolute atomic E-state index is 0.0251. The molecule has 0 spiro atoms. The average Bonchev–Trinajstić information content (AvgIpc) is 2.20. The van der Waals surface area contributed by atoms with Crippen LogP contribution in [0.15, 0.2) is 10.7 Å². The molecule has 0 bridgehead atoms. The van der Waals surface area contributed by atoms with E-state index >= 15 is 0 Å². The molecule has 0 amide bonds. The van der Waals surface area contributed by atoms with Crippen LogP contribution in [-0.4, -0.2) is 12.1 Å². The normalized spacial score (nSPS) is 10.1. The number of nitriles is 1. The topological polar surface area (TPSA) is 45.9 Å². The molecule has 0 aliphatic carbocycles. The molecule has 0 atom stereocenters. The SMILES string of the molecule is COc1ncc(CC#N)c(Br)c1C(F)F. The van der Waals surface area contributed by atoms with Crippen LogP contribution in [0.4, 0.5) is 8.78 Å². The van der Waals surface area contributed by atoms with Crippen LogP contribution >= 0.6 is 15.9 Å². The summed E-state index contributed by atoms with van der Waals surface area (Å²) in [4.78, 5) is 3.71. The van der Waals surface area contributed by atoms with Crippen LogP contribution in [0.5, 0.6) is 5.88 Å². The van der Waals surface area contributed by atoms with Crippen LogP contribution in [0.2, 0.25) is 0 Å². The summed E-state index contributed by atoms with van der Waals surface area (Å²) < 4.78 is 30.2. The first-order chi connectivity index (χ1) is 7.11. The molecule has 1 heterocycles. The molecular formula is C9H7BrF2N2O. The van der Waals surface area contributed by atoms with E-state index in [-0.39, 0.29) is 22.3 Å². The molecule has 0 saturated heterocycles. The molecule has 6 heteroatoms. The Balaban J connectivity index is 3.30. The highest BCUT2D eigenvalue weighted by Crippen LogP contribution is 2.35. The van der Waals surface area contributed by atoms with Crippen molar-refractivity contribution in [3.63, 3.8) is 0 Å². The van der Waals surface area contributed by atoms with Gasteiger partial charge in [-0.15, -0.1) is 0 Å². The number of aromatic nitrogens is 1. The molecular weight excluding hydrogens is 270 g/mol. The minimum atomic E-state index is -2.69. The Morgan fingerprint density at radius 3 is 2.80 bits per heavy atom. The van der Waals surface area contributed by atoms with Gasteiger partial charge in [0.2, 0.25) is 5.88 Å².